The number of halogens is 1. The van der Waals surface area contributed by atoms with Gasteiger partial charge in [-0.05, 0) is 68.6 Å². The van der Waals surface area contributed by atoms with Gasteiger partial charge in [-0.15, -0.1) is 11.3 Å². The highest BCUT2D eigenvalue weighted by molar-refractivity contribution is 7.80. The number of nitrogens with one attached hydrogen (secondary N) is 1. The van der Waals surface area contributed by atoms with Gasteiger partial charge in [0.05, 0.1) is 22.6 Å². The van der Waals surface area contributed by atoms with Crippen molar-refractivity contribution in [1.82, 2.24) is 20.4 Å². The lowest BCUT2D eigenvalue weighted by molar-refractivity contribution is 0.0749. The summed E-state index contributed by atoms with van der Waals surface area (Å²) in [5.74, 6) is 0.663. The standard InChI is InChI=1S/C23H25FN4O2S2/c1-14(2)29-12-5-11-28-15(3)19(22-26-21(27-30-22)18-6-4-13-32-18)20(25-23(28)31)16-7-9-17(24)10-8-16/h4,6-10,13-14,20H,5,11-12H2,1-3H3,(H,25,31). The van der Waals surface area contributed by atoms with Crippen LogP contribution in [0.1, 0.15) is 44.7 Å². The highest BCUT2D eigenvalue weighted by Gasteiger charge is 2.34. The van der Waals surface area contributed by atoms with Crippen molar-refractivity contribution in [2.75, 3.05) is 13.2 Å². The van der Waals surface area contributed by atoms with Crippen LogP contribution in [0.15, 0.2) is 52.0 Å². The lowest BCUT2D eigenvalue weighted by Gasteiger charge is -2.37. The molecule has 1 atom stereocenters. The second kappa shape index (κ2) is 9.89. The first-order chi connectivity index (χ1) is 15.4. The molecule has 1 unspecified atom stereocenters. The van der Waals surface area contributed by atoms with E-state index in [1.54, 1.807) is 23.5 Å². The molecule has 1 aromatic carbocycles. The minimum atomic E-state index is -0.331. The molecular weight excluding hydrogens is 447 g/mol. The second-order valence-electron chi connectivity index (χ2n) is 7.76. The third-order valence-corrected chi connectivity index (χ3v) is 6.38. The highest BCUT2D eigenvalue weighted by atomic mass is 32.1. The zero-order valence-electron chi connectivity index (χ0n) is 18.2. The topological polar surface area (TPSA) is 63.4 Å². The van der Waals surface area contributed by atoms with Gasteiger partial charge >= 0.3 is 0 Å². The number of ether oxygens (including phenoxy) is 1. The molecule has 0 fully saturated rings. The Morgan fingerprint density at radius 1 is 1.28 bits per heavy atom. The molecule has 2 aromatic heterocycles. The van der Waals surface area contributed by atoms with Crippen molar-refractivity contribution in [3.8, 4) is 10.7 Å². The van der Waals surface area contributed by atoms with Gasteiger partial charge in [0.15, 0.2) is 5.11 Å². The predicted molar refractivity (Wildman–Crippen MR) is 127 cm³/mol. The number of nitrogens with zero attached hydrogens (tertiary/aromatic N) is 3. The van der Waals surface area contributed by atoms with E-state index in [0.29, 0.717) is 30.0 Å². The lowest BCUT2D eigenvalue weighted by atomic mass is 9.94. The Kier molecular flexibility index (Phi) is 6.98. The summed E-state index contributed by atoms with van der Waals surface area (Å²) in [4.78, 5) is 7.63. The third-order valence-electron chi connectivity index (χ3n) is 5.17. The van der Waals surface area contributed by atoms with E-state index >= 15 is 0 Å². The third kappa shape index (κ3) is 4.90. The predicted octanol–water partition coefficient (Wildman–Crippen LogP) is 5.41. The fourth-order valence-corrected chi connectivity index (χ4v) is 4.61. The van der Waals surface area contributed by atoms with E-state index in [1.807, 2.05) is 43.2 Å². The largest absolute Gasteiger partial charge is 0.379 e. The number of hydrogen-bond acceptors (Lipinski definition) is 6. The van der Waals surface area contributed by atoms with E-state index < -0.39 is 0 Å². The quantitative estimate of drug-likeness (QED) is 0.347. The molecule has 4 rings (SSSR count). The molecule has 1 aliphatic rings. The van der Waals surface area contributed by atoms with Crippen LogP contribution in [0.25, 0.3) is 16.3 Å². The maximum atomic E-state index is 13.6. The van der Waals surface area contributed by atoms with Crippen LogP contribution >= 0.6 is 23.6 Å². The number of allylic oxidation sites excluding steroid dienone is 1. The second-order valence-corrected chi connectivity index (χ2v) is 9.09. The Morgan fingerprint density at radius 2 is 2.06 bits per heavy atom. The van der Waals surface area contributed by atoms with Crippen molar-refractivity contribution < 1.29 is 13.7 Å². The fraction of sp³-hybridized carbons (Fsp3) is 0.348. The van der Waals surface area contributed by atoms with Crippen molar-refractivity contribution in [1.29, 1.82) is 0 Å². The number of thiocarbonyl (C=S) groups is 1. The number of benzene rings is 1. The van der Waals surface area contributed by atoms with Gasteiger partial charge in [0.2, 0.25) is 5.82 Å². The summed E-state index contributed by atoms with van der Waals surface area (Å²) in [7, 11) is 0. The zero-order chi connectivity index (χ0) is 22.7. The van der Waals surface area contributed by atoms with Crippen LogP contribution < -0.4 is 5.32 Å². The fourth-order valence-electron chi connectivity index (χ4n) is 3.61. The number of thiophene rings is 1. The van der Waals surface area contributed by atoms with Crippen LogP contribution in [0, 0.1) is 5.82 Å². The average molecular weight is 473 g/mol. The van der Waals surface area contributed by atoms with E-state index in [2.05, 4.69) is 15.5 Å². The highest BCUT2D eigenvalue weighted by Crippen LogP contribution is 2.37. The molecule has 0 amide bonds. The Morgan fingerprint density at radius 3 is 2.75 bits per heavy atom. The van der Waals surface area contributed by atoms with E-state index in [1.165, 1.54) is 12.1 Å². The summed E-state index contributed by atoms with van der Waals surface area (Å²) in [5.41, 5.74) is 2.61. The van der Waals surface area contributed by atoms with E-state index in [9.17, 15) is 4.39 Å². The maximum absolute atomic E-state index is 13.6. The van der Waals surface area contributed by atoms with Gasteiger partial charge in [-0.25, -0.2) is 4.39 Å². The van der Waals surface area contributed by atoms with Gasteiger partial charge < -0.3 is 19.5 Å². The zero-order valence-corrected chi connectivity index (χ0v) is 19.8. The van der Waals surface area contributed by atoms with E-state index in [-0.39, 0.29) is 18.0 Å². The van der Waals surface area contributed by atoms with Gasteiger partial charge in [-0.1, -0.05) is 23.4 Å². The summed E-state index contributed by atoms with van der Waals surface area (Å²) < 4.78 is 24.9. The van der Waals surface area contributed by atoms with Gasteiger partial charge in [-0.3, -0.25) is 0 Å². The molecule has 0 saturated heterocycles. The lowest BCUT2D eigenvalue weighted by Crippen LogP contribution is -2.46. The summed E-state index contributed by atoms with van der Waals surface area (Å²) in [6.07, 6.45) is 1.00. The number of aromatic nitrogens is 2. The van der Waals surface area contributed by atoms with Crippen LogP contribution in [0.3, 0.4) is 0 Å². The summed E-state index contributed by atoms with van der Waals surface area (Å²) in [6.45, 7) is 7.37. The van der Waals surface area contributed by atoms with E-state index in [4.69, 9.17) is 21.5 Å². The molecular formula is C23H25FN4O2S2. The minimum Gasteiger partial charge on any atom is -0.379 e. The van der Waals surface area contributed by atoms with Crippen molar-refractivity contribution in [2.45, 2.75) is 39.3 Å². The van der Waals surface area contributed by atoms with Crippen LogP contribution in [0.5, 0.6) is 0 Å². The SMILES string of the molecule is CC1=C(c2nc(-c3cccs3)no2)C(c2ccc(F)cc2)NC(=S)N1CCCOC(C)C. The van der Waals surface area contributed by atoms with Crippen LogP contribution in [-0.4, -0.2) is 39.4 Å². The molecule has 0 spiro atoms. The molecule has 6 nitrogen and oxygen atoms in total. The molecule has 0 aliphatic carbocycles. The van der Waals surface area contributed by atoms with Gasteiger partial charge in [0.1, 0.15) is 5.82 Å². The Hall–Kier alpha value is -2.62. The smallest absolute Gasteiger partial charge is 0.258 e. The molecule has 9 heteroatoms. The summed E-state index contributed by atoms with van der Waals surface area (Å²) in [5, 5.41) is 10.1. The number of rotatable bonds is 8. The van der Waals surface area contributed by atoms with E-state index in [0.717, 1.165) is 28.1 Å². The first-order valence-electron chi connectivity index (χ1n) is 10.5. The van der Waals surface area contributed by atoms with Crippen LogP contribution in [-0.2, 0) is 4.74 Å². The first-order valence-corrected chi connectivity index (χ1v) is 11.8. The molecule has 3 aromatic rings. The molecule has 0 saturated carbocycles. The molecule has 168 valence electrons. The average Bonchev–Trinajstić information content (AvgIpc) is 3.45. The van der Waals surface area contributed by atoms with Gasteiger partial charge in [0, 0.05) is 18.8 Å². The normalized spacial score (nSPS) is 16.7. The molecule has 32 heavy (non-hydrogen) atoms. The summed E-state index contributed by atoms with van der Waals surface area (Å²) >= 11 is 7.23. The van der Waals surface area contributed by atoms with Crippen molar-refractivity contribution in [2.24, 2.45) is 0 Å². The molecule has 0 bridgehead atoms. The summed E-state index contributed by atoms with van der Waals surface area (Å²) in [6, 6.07) is 9.93. The molecule has 1 N–H and O–H groups in total. The Labute approximate surface area is 196 Å². The Balaban J connectivity index is 1.69. The first kappa shape index (κ1) is 22.6. The van der Waals surface area contributed by atoms with Crippen LogP contribution in [0.4, 0.5) is 4.39 Å². The molecule has 3 heterocycles. The Bertz CT molecular complexity index is 1090. The molecule has 1 aliphatic heterocycles. The number of hydrogen-bond donors (Lipinski definition) is 1. The monoisotopic (exact) mass is 472 g/mol. The van der Waals surface area contributed by atoms with Crippen molar-refractivity contribution in [3.63, 3.8) is 0 Å². The van der Waals surface area contributed by atoms with Crippen LogP contribution in [0.2, 0.25) is 0 Å². The minimum absolute atomic E-state index is 0.186. The molecule has 0 radical (unpaired) electrons. The maximum Gasteiger partial charge on any atom is 0.258 e. The van der Waals surface area contributed by atoms with Crippen molar-refractivity contribution in [3.05, 3.63) is 64.7 Å². The van der Waals surface area contributed by atoms with Gasteiger partial charge in [-0.2, -0.15) is 4.98 Å². The van der Waals surface area contributed by atoms with Crippen molar-refractivity contribution >= 4 is 34.2 Å². The van der Waals surface area contributed by atoms with Gasteiger partial charge in [0.25, 0.3) is 5.89 Å².